The maximum Gasteiger partial charge on any atom is 0.416 e. The Kier molecular flexibility index (Phi) is 7.64. The Bertz CT molecular complexity index is 845. The summed E-state index contributed by atoms with van der Waals surface area (Å²) in [6, 6.07) is 9.89. The van der Waals surface area contributed by atoms with Gasteiger partial charge in [-0.1, -0.05) is 18.1 Å². The number of amides is 1. The van der Waals surface area contributed by atoms with Crippen LogP contribution in [0.5, 0.6) is 11.5 Å². The molecule has 0 heterocycles. The molecule has 0 aliphatic rings. The van der Waals surface area contributed by atoms with Gasteiger partial charge in [0.05, 0.1) is 18.4 Å². The predicted molar refractivity (Wildman–Crippen MR) is 101 cm³/mol. The topological polar surface area (TPSA) is 47.6 Å². The highest BCUT2D eigenvalue weighted by Crippen LogP contribution is 2.32. The minimum absolute atomic E-state index is 0.120. The fraction of sp³-hybridized carbons (Fsp3) is 0.250. The van der Waals surface area contributed by atoms with E-state index in [9.17, 15) is 18.0 Å². The van der Waals surface area contributed by atoms with Gasteiger partial charge in [0.1, 0.15) is 6.61 Å². The van der Waals surface area contributed by atoms with Crippen LogP contribution in [0.15, 0.2) is 47.4 Å². The van der Waals surface area contributed by atoms with E-state index in [1.54, 1.807) is 18.2 Å². The number of ether oxygens (including phenoxy) is 2. The van der Waals surface area contributed by atoms with E-state index in [4.69, 9.17) is 15.9 Å². The lowest BCUT2D eigenvalue weighted by Crippen LogP contribution is -2.24. The molecular weight excluding hydrogens is 391 g/mol. The molecule has 148 valence electrons. The van der Waals surface area contributed by atoms with Crippen LogP contribution in [-0.2, 0) is 17.5 Å². The quantitative estimate of drug-likeness (QED) is 0.526. The molecule has 2 rings (SSSR count). The van der Waals surface area contributed by atoms with Crippen molar-refractivity contribution in [3.63, 3.8) is 0 Å². The number of nitrogens with one attached hydrogen (secondary N) is 1. The minimum Gasteiger partial charge on any atom is -0.493 e. The molecule has 8 heteroatoms. The number of hydrogen-bond donors (Lipinski definition) is 1. The molecule has 2 aromatic rings. The van der Waals surface area contributed by atoms with Crippen LogP contribution in [0, 0.1) is 12.3 Å². The summed E-state index contributed by atoms with van der Waals surface area (Å²) in [5.74, 6) is 3.29. The van der Waals surface area contributed by atoms with Gasteiger partial charge in [-0.05, 0) is 35.9 Å². The van der Waals surface area contributed by atoms with Gasteiger partial charge in [0.2, 0.25) is 5.91 Å². The molecule has 4 nitrogen and oxygen atoms in total. The number of rotatable bonds is 8. The lowest BCUT2D eigenvalue weighted by Gasteiger charge is -2.11. The van der Waals surface area contributed by atoms with Crippen molar-refractivity contribution in [2.45, 2.75) is 17.6 Å². The smallest absolute Gasteiger partial charge is 0.416 e. The van der Waals surface area contributed by atoms with E-state index in [0.717, 1.165) is 17.0 Å². The van der Waals surface area contributed by atoms with Gasteiger partial charge in [0.25, 0.3) is 0 Å². The zero-order valence-electron chi connectivity index (χ0n) is 15.0. The Morgan fingerprint density at radius 1 is 1.18 bits per heavy atom. The average Bonchev–Trinajstić information content (AvgIpc) is 2.69. The van der Waals surface area contributed by atoms with Crippen LogP contribution >= 0.6 is 11.8 Å². The lowest BCUT2D eigenvalue weighted by atomic mass is 10.1. The van der Waals surface area contributed by atoms with Gasteiger partial charge in [-0.25, -0.2) is 0 Å². The van der Waals surface area contributed by atoms with Crippen molar-refractivity contribution >= 4 is 17.7 Å². The molecular formula is C20H18F3NO3S. The van der Waals surface area contributed by atoms with E-state index < -0.39 is 11.7 Å². The maximum atomic E-state index is 12.5. The van der Waals surface area contributed by atoms with Crippen molar-refractivity contribution in [1.82, 2.24) is 5.32 Å². The van der Waals surface area contributed by atoms with E-state index in [-0.39, 0.29) is 24.8 Å². The number of carbonyl (C=O) groups excluding carboxylic acids is 1. The third kappa shape index (κ3) is 6.43. The second kappa shape index (κ2) is 9.95. The van der Waals surface area contributed by atoms with Crippen LogP contribution in [0.25, 0.3) is 0 Å². The first-order valence-corrected chi connectivity index (χ1v) is 9.12. The first-order valence-electron chi connectivity index (χ1n) is 8.13. The van der Waals surface area contributed by atoms with Crippen molar-refractivity contribution in [3.05, 3.63) is 53.6 Å². The van der Waals surface area contributed by atoms with Crippen LogP contribution in [0.3, 0.4) is 0 Å². The van der Waals surface area contributed by atoms with Gasteiger partial charge < -0.3 is 14.8 Å². The standard InChI is InChI=1S/C20H18F3NO3S/c1-3-10-27-17-9-8-16(11-18(17)26-2)28-13-19(25)24-12-14-4-6-15(7-5-14)20(21,22)23/h1,4-9,11H,10,12-13H2,2H3,(H,24,25). The summed E-state index contributed by atoms with van der Waals surface area (Å²) in [4.78, 5) is 12.8. The van der Waals surface area contributed by atoms with E-state index in [1.165, 1.54) is 31.0 Å². The van der Waals surface area contributed by atoms with Crippen molar-refractivity contribution in [2.24, 2.45) is 0 Å². The molecule has 0 fully saturated rings. The first-order chi connectivity index (χ1) is 13.3. The number of alkyl halides is 3. The molecule has 0 aromatic heterocycles. The van der Waals surface area contributed by atoms with E-state index >= 15 is 0 Å². The van der Waals surface area contributed by atoms with Crippen molar-refractivity contribution < 1.29 is 27.4 Å². The molecule has 1 N–H and O–H groups in total. The summed E-state index contributed by atoms with van der Waals surface area (Å²) in [7, 11) is 1.50. The van der Waals surface area contributed by atoms with E-state index in [1.807, 2.05) is 0 Å². The van der Waals surface area contributed by atoms with Gasteiger partial charge in [-0.15, -0.1) is 18.2 Å². The number of carbonyl (C=O) groups is 1. The van der Waals surface area contributed by atoms with Gasteiger partial charge in [-0.2, -0.15) is 13.2 Å². The van der Waals surface area contributed by atoms with Crippen LogP contribution < -0.4 is 14.8 Å². The Balaban J connectivity index is 1.84. The van der Waals surface area contributed by atoms with Crippen LogP contribution in [0.1, 0.15) is 11.1 Å². The lowest BCUT2D eigenvalue weighted by molar-refractivity contribution is -0.137. The molecule has 0 saturated heterocycles. The molecule has 0 aliphatic carbocycles. The molecule has 2 aromatic carbocycles. The summed E-state index contributed by atoms with van der Waals surface area (Å²) in [5.41, 5.74) is -0.134. The molecule has 0 saturated carbocycles. The molecule has 0 bridgehead atoms. The summed E-state index contributed by atoms with van der Waals surface area (Å²) in [5, 5.41) is 2.68. The molecule has 0 aliphatic heterocycles. The Hall–Kier alpha value is -2.79. The van der Waals surface area contributed by atoms with Gasteiger partial charge in [-0.3, -0.25) is 4.79 Å². The van der Waals surface area contributed by atoms with E-state index in [0.29, 0.717) is 17.1 Å². The highest BCUT2D eigenvalue weighted by Gasteiger charge is 2.29. The molecule has 0 atom stereocenters. The minimum atomic E-state index is -4.37. The third-order valence-corrected chi connectivity index (χ3v) is 4.58. The highest BCUT2D eigenvalue weighted by atomic mass is 32.2. The normalized spacial score (nSPS) is 10.8. The summed E-state index contributed by atoms with van der Waals surface area (Å²) < 4.78 is 48.2. The predicted octanol–water partition coefficient (Wildman–Crippen LogP) is 4.13. The van der Waals surface area contributed by atoms with Gasteiger partial charge in [0, 0.05) is 11.4 Å². The summed E-state index contributed by atoms with van der Waals surface area (Å²) in [6.07, 6.45) is 0.787. The molecule has 0 spiro atoms. The van der Waals surface area contributed by atoms with Crippen molar-refractivity contribution in [2.75, 3.05) is 19.5 Å². The summed E-state index contributed by atoms with van der Waals surface area (Å²) >= 11 is 1.29. The second-order valence-corrected chi connectivity index (χ2v) is 6.61. The Labute approximate surface area is 165 Å². The average molecular weight is 409 g/mol. The third-order valence-electron chi connectivity index (χ3n) is 3.59. The SMILES string of the molecule is C#CCOc1ccc(SCC(=O)NCc2ccc(C(F)(F)F)cc2)cc1OC. The fourth-order valence-corrected chi connectivity index (χ4v) is 2.94. The molecule has 28 heavy (non-hydrogen) atoms. The highest BCUT2D eigenvalue weighted by molar-refractivity contribution is 8.00. The zero-order valence-corrected chi connectivity index (χ0v) is 15.8. The van der Waals surface area contributed by atoms with Crippen LogP contribution in [-0.4, -0.2) is 25.4 Å². The van der Waals surface area contributed by atoms with Crippen molar-refractivity contribution in [3.8, 4) is 23.8 Å². The Morgan fingerprint density at radius 2 is 1.89 bits per heavy atom. The van der Waals surface area contributed by atoms with Gasteiger partial charge >= 0.3 is 6.18 Å². The summed E-state index contributed by atoms with van der Waals surface area (Å²) in [6.45, 7) is 0.273. The number of terminal acetylenes is 1. The van der Waals surface area contributed by atoms with Crippen LogP contribution in [0.4, 0.5) is 13.2 Å². The largest absolute Gasteiger partial charge is 0.493 e. The number of hydrogen-bond acceptors (Lipinski definition) is 4. The van der Waals surface area contributed by atoms with E-state index in [2.05, 4.69) is 11.2 Å². The maximum absolute atomic E-state index is 12.5. The molecule has 1 amide bonds. The van der Waals surface area contributed by atoms with Crippen molar-refractivity contribution in [1.29, 1.82) is 0 Å². The number of benzene rings is 2. The number of thioether (sulfide) groups is 1. The van der Waals surface area contributed by atoms with Crippen LogP contribution in [0.2, 0.25) is 0 Å². The second-order valence-electron chi connectivity index (χ2n) is 5.57. The molecule has 0 radical (unpaired) electrons. The van der Waals surface area contributed by atoms with Gasteiger partial charge in [0.15, 0.2) is 11.5 Å². The number of methoxy groups -OCH3 is 1. The Morgan fingerprint density at radius 3 is 2.50 bits per heavy atom. The monoisotopic (exact) mass is 409 g/mol. The number of halogens is 3. The fourth-order valence-electron chi connectivity index (χ4n) is 2.19. The first kappa shape index (κ1) is 21.5. The molecule has 0 unspecified atom stereocenters. The zero-order chi connectivity index (χ0) is 20.6.